The highest BCUT2D eigenvalue weighted by Crippen LogP contribution is 2.31. The predicted molar refractivity (Wildman–Crippen MR) is 90.9 cm³/mol. The van der Waals surface area contributed by atoms with Gasteiger partial charge < -0.3 is 18.9 Å². The van der Waals surface area contributed by atoms with Gasteiger partial charge in [-0.1, -0.05) is 12.1 Å². The van der Waals surface area contributed by atoms with Gasteiger partial charge in [-0.05, 0) is 37.3 Å². The van der Waals surface area contributed by atoms with E-state index in [0.717, 1.165) is 17.9 Å². The molecule has 0 saturated heterocycles. The molecule has 7 heteroatoms. The molecule has 0 spiro atoms. The van der Waals surface area contributed by atoms with Gasteiger partial charge in [-0.15, -0.1) is 0 Å². The third-order valence-corrected chi connectivity index (χ3v) is 3.27. The molecule has 0 N–H and O–H groups in total. The number of halogens is 3. The molecule has 0 heterocycles. The van der Waals surface area contributed by atoms with Crippen LogP contribution >= 0.6 is 0 Å². The van der Waals surface area contributed by atoms with Gasteiger partial charge in [-0.3, -0.25) is 0 Å². The number of rotatable bonds is 10. The van der Waals surface area contributed by atoms with Crippen molar-refractivity contribution in [3.63, 3.8) is 0 Å². The Kier molecular flexibility index (Phi) is 7.59. The van der Waals surface area contributed by atoms with Gasteiger partial charge in [0.1, 0.15) is 30.5 Å². The van der Waals surface area contributed by atoms with Gasteiger partial charge in [0.15, 0.2) is 0 Å². The molecule has 0 fully saturated rings. The van der Waals surface area contributed by atoms with Crippen LogP contribution in [0.4, 0.5) is 13.2 Å². The fourth-order valence-corrected chi connectivity index (χ4v) is 2.12. The molecule has 26 heavy (non-hydrogen) atoms. The summed E-state index contributed by atoms with van der Waals surface area (Å²) in [5.74, 6) is 1.58. The number of hydrogen-bond acceptors (Lipinski definition) is 4. The largest absolute Gasteiger partial charge is 0.494 e. The van der Waals surface area contributed by atoms with Crippen LogP contribution in [-0.2, 0) is 10.9 Å². The summed E-state index contributed by atoms with van der Waals surface area (Å²) in [4.78, 5) is 0. The van der Waals surface area contributed by atoms with E-state index in [0.29, 0.717) is 25.6 Å². The van der Waals surface area contributed by atoms with Gasteiger partial charge in [0, 0.05) is 6.07 Å². The Labute approximate surface area is 150 Å². The first kappa shape index (κ1) is 19.9. The minimum absolute atomic E-state index is 0.154. The van der Waals surface area contributed by atoms with Gasteiger partial charge in [-0.2, -0.15) is 13.2 Å². The highest BCUT2D eigenvalue weighted by Gasteiger charge is 2.30. The first-order valence-electron chi connectivity index (χ1n) is 8.22. The minimum atomic E-state index is -4.38. The summed E-state index contributed by atoms with van der Waals surface area (Å²) < 4.78 is 59.3. The quantitative estimate of drug-likeness (QED) is 0.574. The van der Waals surface area contributed by atoms with Crippen molar-refractivity contribution in [2.45, 2.75) is 13.1 Å². The smallest absolute Gasteiger partial charge is 0.416 e. The van der Waals surface area contributed by atoms with Crippen LogP contribution in [0.25, 0.3) is 0 Å². The third-order valence-electron chi connectivity index (χ3n) is 3.27. The molecular weight excluding hydrogens is 349 g/mol. The summed E-state index contributed by atoms with van der Waals surface area (Å²) in [6, 6.07) is 12.0. The second-order valence-electron chi connectivity index (χ2n) is 5.24. The Morgan fingerprint density at radius 2 is 1.27 bits per heavy atom. The van der Waals surface area contributed by atoms with Gasteiger partial charge in [0.2, 0.25) is 0 Å². The molecule has 0 saturated carbocycles. The Bertz CT molecular complexity index is 674. The lowest BCUT2D eigenvalue weighted by molar-refractivity contribution is -0.137. The summed E-state index contributed by atoms with van der Waals surface area (Å²) in [6.07, 6.45) is -4.38. The van der Waals surface area contributed by atoms with E-state index in [1.807, 2.05) is 25.1 Å². The van der Waals surface area contributed by atoms with E-state index in [2.05, 4.69) is 0 Å². The maximum atomic E-state index is 12.6. The average Bonchev–Trinajstić information content (AvgIpc) is 2.61. The van der Waals surface area contributed by atoms with Crippen LogP contribution in [0.1, 0.15) is 12.5 Å². The molecule has 2 aromatic carbocycles. The van der Waals surface area contributed by atoms with Crippen molar-refractivity contribution in [3.05, 3.63) is 54.1 Å². The summed E-state index contributed by atoms with van der Waals surface area (Å²) in [5, 5.41) is 0. The number of ether oxygens (including phenoxy) is 4. The topological polar surface area (TPSA) is 36.9 Å². The molecule has 0 radical (unpaired) electrons. The molecule has 0 amide bonds. The third kappa shape index (κ3) is 6.84. The molecule has 2 rings (SSSR count). The Morgan fingerprint density at radius 1 is 0.731 bits per heavy atom. The van der Waals surface area contributed by atoms with Gasteiger partial charge in [0.05, 0.1) is 25.4 Å². The van der Waals surface area contributed by atoms with Gasteiger partial charge in [-0.25, -0.2) is 0 Å². The van der Waals surface area contributed by atoms with E-state index in [9.17, 15) is 13.2 Å². The van der Waals surface area contributed by atoms with Crippen molar-refractivity contribution in [1.29, 1.82) is 0 Å². The van der Waals surface area contributed by atoms with Crippen molar-refractivity contribution in [2.24, 2.45) is 0 Å². The Morgan fingerprint density at radius 3 is 1.85 bits per heavy atom. The van der Waals surface area contributed by atoms with E-state index >= 15 is 0 Å². The average molecular weight is 370 g/mol. The summed E-state index contributed by atoms with van der Waals surface area (Å²) >= 11 is 0. The lowest BCUT2D eigenvalue weighted by Crippen LogP contribution is -2.12. The monoisotopic (exact) mass is 370 g/mol. The lowest BCUT2D eigenvalue weighted by atomic mass is 10.2. The lowest BCUT2D eigenvalue weighted by Gasteiger charge is -2.11. The van der Waals surface area contributed by atoms with Crippen LogP contribution in [0.15, 0.2) is 48.5 Å². The molecule has 0 aliphatic carbocycles. The van der Waals surface area contributed by atoms with Crippen LogP contribution in [0, 0.1) is 0 Å². The zero-order valence-electron chi connectivity index (χ0n) is 14.4. The maximum absolute atomic E-state index is 12.6. The van der Waals surface area contributed by atoms with Crippen LogP contribution in [-0.4, -0.2) is 33.0 Å². The Balaban J connectivity index is 1.62. The fraction of sp³-hybridized carbons (Fsp3) is 0.368. The highest BCUT2D eigenvalue weighted by atomic mass is 19.4. The predicted octanol–water partition coefficient (Wildman–Crippen LogP) is 4.58. The van der Waals surface area contributed by atoms with Crippen molar-refractivity contribution in [1.82, 2.24) is 0 Å². The summed E-state index contributed by atoms with van der Waals surface area (Å²) in [6.45, 7) is 3.57. The molecule has 0 unspecified atom stereocenters. The molecule has 142 valence electrons. The van der Waals surface area contributed by atoms with Crippen molar-refractivity contribution in [2.75, 3.05) is 33.0 Å². The van der Waals surface area contributed by atoms with Gasteiger partial charge in [0.25, 0.3) is 0 Å². The van der Waals surface area contributed by atoms with Crippen LogP contribution in [0.2, 0.25) is 0 Å². The fourth-order valence-electron chi connectivity index (χ4n) is 2.12. The molecule has 0 aromatic heterocycles. The second-order valence-corrected chi connectivity index (χ2v) is 5.24. The number of alkyl halides is 3. The van der Waals surface area contributed by atoms with E-state index in [-0.39, 0.29) is 19.0 Å². The van der Waals surface area contributed by atoms with E-state index in [1.54, 1.807) is 6.07 Å². The number of hydrogen-bond donors (Lipinski definition) is 0. The summed E-state index contributed by atoms with van der Waals surface area (Å²) in [7, 11) is 0. The van der Waals surface area contributed by atoms with Crippen molar-refractivity contribution >= 4 is 0 Å². The normalized spacial score (nSPS) is 11.2. The van der Waals surface area contributed by atoms with E-state index in [4.69, 9.17) is 18.9 Å². The second kappa shape index (κ2) is 9.91. The Hall–Kier alpha value is -2.41. The molecular formula is C19H21F3O4. The molecule has 0 atom stereocenters. The SMILES string of the molecule is CCOc1cccc(OCCOCCOc2cccc(C(F)(F)F)c2)c1. The summed E-state index contributed by atoms with van der Waals surface area (Å²) in [5.41, 5.74) is -0.737. The molecule has 2 aromatic rings. The van der Waals surface area contributed by atoms with Gasteiger partial charge >= 0.3 is 6.18 Å². The number of benzene rings is 2. The van der Waals surface area contributed by atoms with Crippen molar-refractivity contribution < 1.29 is 32.1 Å². The van der Waals surface area contributed by atoms with Crippen LogP contribution < -0.4 is 14.2 Å². The highest BCUT2D eigenvalue weighted by molar-refractivity contribution is 5.33. The van der Waals surface area contributed by atoms with Crippen LogP contribution in [0.3, 0.4) is 0 Å². The first-order chi connectivity index (χ1) is 12.5. The molecule has 0 aliphatic heterocycles. The maximum Gasteiger partial charge on any atom is 0.416 e. The van der Waals surface area contributed by atoms with Crippen LogP contribution in [0.5, 0.6) is 17.2 Å². The van der Waals surface area contributed by atoms with E-state index in [1.165, 1.54) is 12.1 Å². The minimum Gasteiger partial charge on any atom is -0.494 e. The zero-order valence-corrected chi connectivity index (χ0v) is 14.4. The molecule has 0 aliphatic rings. The van der Waals surface area contributed by atoms with E-state index < -0.39 is 11.7 Å². The standard InChI is InChI=1S/C19H21F3O4/c1-2-24-17-7-4-8-18(14-17)26-12-10-23-9-11-25-16-6-3-5-15(13-16)19(20,21)22/h3-8,13-14H,2,9-12H2,1H3. The molecule has 0 bridgehead atoms. The zero-order chi connectivity index (χ0) is 18.8. The molecule has 4 nitrogen and oxygen atoms in total. The first-order valence-corrected chi connectivity index (χ1v) is 8.22. The van der Waals surface area contributed by atoms with Crippen molar-refractivity contribution in [3.8, 4) is 17.2 Å².